The van der Waals surface area contributed by atoms with Crippen LogP contribution in [0.2, 0.25) is 0 Å². The highest BCUT2D eigenvalue weighted by Gasteiger charge is 2.09. The van der Waals surface area contributed by atoms with Crippen LogP contribution in [0.5, 0.6) is 0 Å². The fraction of sp³-hybridized carbons (Fsp3) is 0.167. The van der Waals surface area contributed by atoms with Crippen molar-refractivity contribution in [3.05, 3.63) is 71.7 Å². The van der Waals surface area contributed by atoms with Crippen molar-refractivity contribution < 1.29 is 9.18 Å². The second-order valence-electron chi connectivity index (χ2n) is 5.27. The van der Waals surface area contributed by atoms with E-state index in [2.05, 4.69) is 10.3 Å². The Morgan fingerprint density at radius 2 is 1.95 bits per heavy atom. The summed E-state index contributed by atoms with van der Waals surface area (Å²) < 4.78 is 13.3. The van der Waals surface area contributed by atoms with Crippen LogP contribution in [-0.2, 0) is 17.6 Å². The maximum absolute atomic E-state index is 13.3. The Balaban J connectivity index is 1.58. The van der Waals surface area contributed by atoms with Gasteiger partial charge in [-0.05, 0) is 35.7 Å². The van der Waals surface area contributed by atoms with E-state index in [0.29, 0.717) is 6.54 Å². The van der Waals surface area contributed by atoms with E-state index in [1.807, 2.05) is 30.3 Å². The molecule has 3 rings (SSSR count). The molecule has 0 aliphatic rings. The first-order chi connectivity index (χ1) is 10.7. The molecule has 0 saturated carbocycles. The van der Waals surface area contributed by atoms with Gasteiger partial charge in [0.1, 0.15) is 5.82 Å². The molecule has 0 radical (unpaired) electrons. The summed E-state index contributed by atoms with van der Waals surface area (Å²) in [5.74, 6) is -0.348. The minimum atomic E-state index is -0.294. The van der Waals surface area contributed by atoms with E-state index in [4.69, 9.17) is 0 Å². The summed E-state index contributed by atoms with van der Waals surface area (Å²) in [4.78, 5) is 15.1. The summed E-state index contributed by atoms with van der Waals surface area (Å²) in [6.07, 6.45) is 2.81. The molecule has 0 unspecified atom stereocenters. The standard InChI is InChI=1S/C18H17FN2O/c19-15-6-7-17-16(11-15)14(12-21-17)10-18(22)20-9-8-13-4-2-1-3-5-13/h1-7,11-12,21H,8-10H2,(H,20,22). The SMILES string of the molecule is O=C(Cc1c[nH]c2ccc(F)cc12)NCCc1ccccc1. The topological polar surface area (TPSA) is 44.9 Å². The number of hydrogen-bond acceptors (Lipinski definition) is 1. The summed E-state index contributed by atoms with van der Waals surface area (Å²) in [6.45, 7) is 0.597. The van der Waals surface area contributed by atoms with Gasteiger partial charge in [0.05, 0.1) is 6.42 Å². The minimum Gasteiger partial charge on any atom is -0.361 e. The lowest BCUT2D eigenvalue weighted by atomic mass is 10.1. The number of carbonyl (C=O) groups excluding carboxylic acids is 1. The van der Waals surface area contributed by atoms with Crippen molar-refractivity contribution >= 4 is 16.8 Å². The van der Waals surface area contributed by atoms with Crippen LogP contribution in [0, 0.1) is 5.82 Å². The predicted octanol–water partition coefficient (Wildman–Crippen LogP) is 3.21. The molecular weight excluding hydrogens is 279 g/mol. The fourth-order valence-corrected chi connectivity index (χ4v) is 2.52. The normalized spacial score (nSPS) is 10.8. The van der Waals surface area contributed by atoms with Crippen molar-refractivity contribution in [2.24, 2.45) is 0 Å². The first kappa shape index (κ1) is 14.3. The molecule has 2 aromatic carbocycles. The summed E-state index contributed by atoms with van der Waals surface area (Å²) in [5, 5.41) is 3.66. The average molecular weight is 296 g/mol. The Bertz CT molecular complexity index is 780. The lowest BCUT2D eigenvalue weighted by molar-refractivity contribution is -0.120. The average Bonchev–Trinajstić information content (AvgIpc) is 2.90. The van der Waals surface area contributed by atoms with Gasteiger partial charge in [-0.25, -0.2) is 4.39 Å². The molecule has 1 aromatic heterocycles. The van der Waals surface area contributed by atoms with Gasteiger partial charge in [0.15, 0.2) is 0 Å². The van der Waals surface area contributed by atoms with Crippen molar-refractivity contribution in [3.8, 4) is 0 Å². The van der Waals surface area contributed by atoms with Gasteiger partial charge in [0.25, 0.3) is 0 Å². The monoisotopic (exact) mass is 296 g/mol. The van der Waals surface area contributed by atoms with Crippen molar-refractivity contribution in [2.75, 3.05) is 6.54 Å². The molecule has 3 aromatic rings. The molecule has 22 heavy (non-hydrogen) atoms. The molecule has 1 heterocycles. The van der Waals surface area contributed by atoms with Crippen LogP contribution in [0.25, 0.3) is 10.9 Å². The van der Waals surface area contributed by atoms with Crippen molar-refractivity contribution in [1.82, 2.24) is 10.3 Å². The first-order valence-corrected chi connectivity index (χ1v) is 7.28. The molecule has 0 bridgehead atoms. The van der Waals surface area contributed by atoms with Gasteiger partial charge in [0, 0.05) is 23.6 Å². The van der Waals surface area contributed by atoms with Crippen molar-refractivity contribution in [1.29, 1.82) is 0 Å². The molecule has 0 aliphatic carbocycles. The van der Waals surface area contributed by atoms with E-state index in [9.17, 15) is 9.18 Å². The van der Waals surface area contributed by atoms with Crippen LogP contribution in [0.15, 0.2) is 54.7 Å². The fourth-order valence-electron chi connectivity index (χ4n) is 2.52. The lowest BCUT2D eigenvalue weighted by Gasteiger charge is -2.05. The number of carbonyl (C=O) groups is 1. The molecule has 0 fully saturated rings. The number of H-pyrrole nitrogens is 1. The minimum absolute atomic E-state index is 0.0545. The van der Waals surface area contributed by atoms with E-state index < -0.39 is 0 Å². The smallest absolute Gasteiger partial charge is 0.224 e. The van der Waals surface area contributed by atoms with E-state index >= 15 is 0 Å². The number of aromatic nitrogens is 1. The van der Waals surface area contributed by atoms with Crippen LogP contribution >= 0.6 is 0 Å². The van der Waals surface area contributed by atoms with Crippen LogP contribution in [0.1, 0.15) is 11.1 Å². The third-order valence-corrected chi connectivity index (χ3v) is 3.66. The number of rotatable bonds is 5. The number of benzene rings is 2. The Morgan fingerprint density at radius 1 is 1.14 bits per heavy atom. The number of nitrogens with one attached hydrogen (secondary N) is 2. The van der Waals surface area contributed by atoms with Crippen LogP contribution in [-0.4, -0.2) is 17.4 Å². The van der Waals surface area contributed by atoms with E-state index in [0.717, 1.165) is 22.9 Å². The Labute approximate surface area is 128 Å². The van der Waals surface area contributed by atoms with Gasteiger partial charge < -0.3 is 10.3 Å². The zero-order valence-electron chi connectivity index (χ0n) is 12.1. The zero-order chi connectivity index (χ0) is 15.4. The quantitative estimate of drug-likeness (QED) is 0.746. The molecule has 0 atom stereocenters. The molecule has 4 heteroatoms. The third-order valence-electron chi connectivity index (χ3n) is 3.66. The van der Waals surface area contributed by atoms with Crippen molar-refractivity contribution in [2.45, 2.75) is 12.8 Å². The molecule has 1 amide bonds. The maximum Gasteiger partial charge on any atom is 0.224 e. The van der Waals surface area contributed by atoms with E-state index in [-0.39, 0.29) is 18.1 Å². The largest absolute Gasteiger partial charge is 0.361 e. The second kappa shape index (κ2) is 6.43. The number of halogens is 1. The third kappa shape index (κ3) is 3.34. The molecular formula is C18H17FN2O. The second-order valence-corrected chi connectivity index (χ2v) is 5.27. The van der Waals surface area contributed by atoms with Gasteiger partial charge in [-0.1, -0.05) is 30.3 Å². The highest BCUT2D eigenvalue weighted by Crippen LogP contribution is 2.19. The summed E-state index contributed by atoms with van der Waals surface area (Å²) >= 11 is 0. The number of hydrogen-bond donors (Lipinski definition) is 2. The molecule has 3 nitrogen and oxygen atoms in total. The Kier molecular flexibility index (Phi) is 4.19. The Morgan fingerprint density at radius 3 is 2.77 bits per heavy atom. The number of aromatic amines is 1. The van der Waals surface area contributed by atoms with Gasteiger partial charge >= 0.3 is 0 Å². The molecule has 112 valence electrons. The van der Waals surface area contributed by atoms with Gasteiger partial charge in [-0.2, -0.15) is 0 Å². The lowest BCUT2D eigenvalue weighted by Crippen LogP contribution is -2.27. The first-order valence-electron chi connectivity index (χ1n) is 7.28. The molecule has 0 saturated heterocycles. The zero-order valence-corrected chi connectivity index (χ0v) is 12.1. The van der Waals surface area contributed by atoms with Gasteiger partial charge in [-0.3, -0.25) is 4.79 Å². The Hall–Kier alpha value is -2.62. The van der Waals surface area contributed by atoms with E-state index in [1.165, 1.54) is 17.7 Å². The van der Waals surface area contributed by atoms with Gasteiger partial charge in [-0.15, -0.1) is 0 Å². The van der Waals surface area contributed by atoms with Crippen molar-refractivity contribution in [3.63, 3.8) is 0 Å². The van der Waals surface area contributed by atoms with Crippen LogP contribution in [0.4, 0.5) is 4.39 Å². The highest BCUT2D eigenvalue weighted by atomic mass is 19.1. The number of fused-ring (bicyclic) bond motifs is 1. The van der Waals surface area contributed by atoms with Crippen LogP contribution in [0.3, 0.4) is 0 Å². The summed E-state index contributed by atoms with van der Waals surface area (Å²) in [7, 11) is 0. The summed E-state index contributed by atoms with van der Waals surface area (Å²) in [6, 6.07) is 14.6. The van der Waals surface area contributed by atoms with Gasteiger partial charge in [0.2, 0.25) is 5.91 Å². The maximum atomic E-state index is 13.3. The molecule has 2 N–H and O–H groups in total. The highest BCUT2D eigenvalue weighted by molar-refractivity contribution is 5.88. The number of amides is 1. The molecule has 0 spiro atoms. The predicted molar refractivity (Wildman–Crippen MR) is 85.1 cm³/mol. The van der Waals surface area contributed by atoms with E-state index in [1.54, 1.807) is 12.3 Å². The summed E-state index contributed by atoms with van der Waals surface area (Å²) in [5.41, 5.74) is 2.84. The molecule has 0 aliphatic heterocycles. The van der Waals surface area contributed by atoms with Crippen LogP contribution < -0.4 is 5.32 Å².